The summed E-state index contributed by atoms with van der Waals surface area (Å²) in [6.07, 6.45) is 3.28. The Balaban J connectivity index is 2.39. The summed E-state index contributed by atoms with van der Waals surface area (Å²) in [4.78, 5) is 25.6. The first-order valence-corrected chi connectivity index (χ1v) is 8.27. The number of nitrogens with one attached hydrogen (secondary N) is 2. The monoisotopic (exact) mass is 313 g/mol. The van der Waals surface area contributed by atoms with Gasteiger partial charge in [-0.2, -0.15) is 0 Å². The van der Waals surface area contributed by atoms with Gasteiger partial charge in [-0.25, -0.2) is 9.59 Å². The number of unbranched alkanes of at least 4 members (excludes halogenated alkanes) is 1. The summed E-state index contributed by atoms with van der Waals surface area (Å²) in [5, 5.41) is 5.84. The molecule has 1 fully saturated rings. The van der Waals surface area contributed by atoms with Gasteiger partial charge in [-0.15, -0.1) is 0 Å². The Morgan fingerprint density at radius 2 is 2.00 bits per heavy atom. The van der Waals surface area contributed by atoms with Crippen molar-refractivity contribution in [2.24, 2.45) is 0 Å². The molecular weight excluding hydrogens is 282 g/mol. The zero-order chi connectivity index (χ0) is 16.8. The zero-order valence-electron chi connectivity index (χ0n) is 14.6. The van der Waals surface area contributed by atoms with Gasteiger partial charge in [-0.1, -0.05) is 13.3 Å². The Morgan fingerprint density at radius 1 is 1.32 bits per heavy atom. The lowest BCUT2D eigenvalue weighted by molar-refractivity contribution is 0.00985. The third kappa shape index (κ3) is 6.54. The minimum absolute atomic E-state index is 0.0598. The van der Waals surface area contributed by atoms with Crippen LogP contribution in [0.5, 0.6) is 0 Å². The molecule has 0 saturated carbocycles. The second-order valence-electron chi connectivity index (χ2n) is 7.00. The molecule has 1 aliphatic rings. The molecule has 2 N–H and O–H groups in total. The molecule has 0 aliphatic carbocycles. The molecule has 0 unspecified atom stereocenters. The lowest BCUT2D eigenvalue weighted by Gasteiger charge is -2.38. The number of carbonyl (C=O) groups is 2. The van der Waals surface area contributed by atoms with E-state index in [2.05, 4.69) is 17.6 Å². The molecule has 3 amide bonds. The van der Waals surface area contributed by atoms with Gasteiger partial charge >= 0.3 is 12.1 Å². The van der Waals surface area contributed by atoms with E-state index in [0.29, 0.717) is 13.1 Å². The van der Waals surface area contributed by atoms with E-state index in [1.165, 1.54) is 0 Å². The van der Waals surface area contributed by atoms with Gasteiger partial charge in [0, 0.05) is 25.2 Å². The quantitative estimate of drug-likeness (QED) is 0.784. The van der Waals surface area contributed by atoms with E-state index in [1.54, 1.807) is 4.90 Å². The van der Waals surface area contributed by atoms with Crippen LogP contribution in [0.15, 0.2) is 0 Å². The second kappa shape index (κ2) is 8.25. The third-order valence-electron chi connectivity index (χ3n) is 3.66. The number of urea groups is 1. The van der Waals surface area contributed by atoms with Crippen molar-refractivity contribution < 1.29 is 14.3 Å². The zero-order valence-corrected chi connectivity index (χ0v) is 14.6. The van der Waals surface area contributed by atoms with Gasteiger partial charge in [-0.3, -0.25) is 0 Å². The number of rotatable bonds is 4. The van der Waals surface area contributed by atoms with E-state index in [1.807, 2.05) is 27.7 Å². The van der Waals surface area contributed by atoms with Crippen molar-refractivity contribution in [3.63, 3.8) is 0 Å². The lowest BCUT2D eigenvalue weighted by atomic mass is 9.99. The van der Waals surface area contributed by atoms with Gasteiger partial charge in [0.2, 0.25) is 0 Å². The van der Waals surface area contributed by atoms with Crippen LogP contribution in [0.3, 0.4) is 0 Å². The highest BCUT2D eigenvalue weighted by atomic mass is 16.6. The number of amides is 3. The molecule has 6 nitrogen and oxygen atoms in total. The van der Waals surface area contributed by atoms with Crippen LogP contribution in [0.4, 0.5) is 9.59 Å². The number of ether oxygens (including phenoxy) is 1. The lowest BCUT2D eigenvalue weighted by Crippen LogP contribution is -2.53. The molecule has 0 aromatic heterocycles. The van der Waals surface area contributed by atoms with Gasteiger partial charge in [0.25, 0.3) is 0 Å². The Morgan fingerprint density at radius 3 is 2.55 bits per heavy atom. The molecule has 0 bridgehead atoms. The number of likely N-dealkylation sites (tertiary alicyclic amines) is 1. The highest BCUT2D eigenvalue weighted by Crippen LogP contribution is 2.20. The summed E-state index contributed by atoms with van der Waals surface area (Å²) >= 11 is 0. The van der Waals surface area contributed by atoms with E-state index >= 15 is 0 Å². The van der Waals surface area contributed by atoms with Gasteiger partial charge in [0.05, 0.1) is 0 Å². The molecule has 1 aliphatic heterocycles. The van der Waals surface area contributed by atoms with E-state index in [-0.39, 0.29) is 24.2 Å². The van der Waals surface area contributed by atoms with Crippen LogP contribution in [0, 0.1) is 0 Å². The van der Waals surface area contributed by atoms with E-state index < -0.39 is 5.60 Å². The van der Waals surface area contributed by atoms with Crippen molar-refractivity contribution in [3.8, 4) is 0 Å². The summed E-state index contributed by atoms with van der Waals surface area (Å²) in [5.41, 5.74) is -0.481. The normalized spacial score (nSPS) is 22.1. The van der Waals surface area contributed by atoms with Gasteiger partial charge < -0.3 is 20.3 Å². The highest BCUT2D eigenvalue weighted by molar-refractivity contribution is 5.74. The fourth-order valence-corrected chi connectivity index (χ4v) is 2.51. The largest absolute Gasteiger partial charge is 0.444 e. The summed E-state index contributed by atoms with van der Waals surface area (Å²) in [7, 11) is 0. The molecule has 22 heavy (non-hydrogen) atoms. The average molecular weight is 313 g/mol. The predicted molar refractivity (Wildman–Crippen MR) is 86.9 cm³/mol. The first-order chi connectivity index (χ1) is 10.2. The van der Waals surface area contributed by atoms with Crippen LogP contribution in [-0.2, 0) is 4.74 Å². The van der Waals surface area contributed by atoms with Crippen molar-refractivity contribution in [1.82, 2.24) is 15.5 Å². The molecule has 0 aromatic rings. The number of carbonyl (C=O) groups excluding carboxylic acids is 2. The summed E-state index contributed by atoms with van der Waals surface area (Å²) in [5.74, 6) is 0. The van der Waals surface area contributed by atoms with Crippen LogP contribution in [-0.4, -0.2) is 47.8 Å². The van der Waals surface area contributed by atoms with E-state index in [9.17, 15) is 9.59 Å². The maximum atomic E-state index is 12.1. The maximum Gasteiger partial charge on any atom is 0.410 e. The molecule has 0 spiro atoms. The molecule has 2 atom stereocenters. The first-order valence-electron chi connectivity index (χ1n) is 8.27. The Bertz CT molecular complexity index is 379. The minimum Gasteiger partial charge on any atom is -0.444 e. The van der Waals surface area contributed by atoms with E-state index in [0.717, 1.165) is 25.7 Å². The van der Waals surface area contributed by atoms with Crippen molar-refractivity contribution in [2.45, 2.75) is 78.0 Å². The summed E-state index contributed by atoms with van der Waals surface area (Å²) < 4.78 is 5.42. The highest BCUT2D eigenvalue weighted by Gasteiger charge is 2.32. The van der Waals surface area contributed by atoms with Crippen molar-refractivity contribution in [1.29, 1.82) is 0 Å². The summed E-state index contributed by atoms with van der Waals surface area (Å²) in [6, 6.07) is 0.0521. The van der Waals surface area contributed by atoms with Gasteiger partial charge in [-0.05, 0) is 47.0 Å². The first kappa shape index (κ1) is 18.6. The van der Waals surface area contributed by atoms with Crippen LogP contribution in [0.25, 0.3) is 0 Å². The van der Waals surface area contributed by atoms with Crippen LogP contribution in [0.1, 0.15) is 60.3 Å². The Hall–Kier alpha value is -1.46. The third-order valence-corrected chi connectivity index (χ3v) is 3.66. The van der Waals surface area contributed by atoms with Crippen LogP contribution in [0.2, 0.25) is 0 Å². The Kier molecular flexibility index (Phi) is 6.97. The second-order valence-corrected chi connectivity index (χ2v) is 7.00. The average Bonchev–Trinajstić information content (AvgIpc) is 2.36. The van der Waals surface area contributed by atoms with Crippen molar-refractivity contribution in [2.75, 3.05) is 13.1 Å². The van der Waals surface area contributed by atoms with Crippen LogP contribution >= 0.6 is 0 Å². The minimum atomic E-state index is -0.481. The molecule has 128 valence electrons. The Labute approximate surface area is 134 Å². The molecule has 1 saturated heterocycles. The number of nitrogens with zero attached hydrogens (tertiary/aromatic N) is 1. The van der Waals surface area contributed by atoms with E-state index in [4.69, 9.17) is 4.74 Å². The molecule has 1 heterocycles. The number of hydrogen-bond donors (Lipinski definition) is 2. The smallest absolute Gasteiger partial charge is 0.410 e. The molecule has 0 radical (unpaired) electrons. The fourth-order valence-electron chi connectivity index (χ4n) is 2.51. The predicted octanol–water partition coefficient (Wildman–Crippen LogP) is 2.87. The maximum absolute atomic E-state index is 12.1. The van der Waals surface area contributed by atoms with Crippen LogP contribution < -0.4 is 10.6 Å². The van der Waals surface area contributed by atoms with Crippen molar-refractivity contribution >= 4 is 12.1 Å². The number of hydrogen-bond acceptors (Lipinski definition) is 3. The molecular formula is C16H31N3O3. The fraction of sp³-hybridized carbons (Fsp3) is 0.875. The topological polar surface area (TPSA) is 70.7 Å². The van der Waals surface area contributed by atoms with Gasteiger partial charge in [0.1, 0.15) is 5.60 Å². The number of piperidine rings is 1. The van der Waals surface area contributed by atoms with Crippen molar-refractivity contribution in [3.05, 3.63) is 0 Å². The molecule has 1 rings (SSSR count). The summed E-state index contributed by atoms with van der Waals surface area (Å²) in [6.45, 7) is 11.0. The molecule has 6 heteroatoms. The molecule has 0 aromatic carbocycles. The van der Waals surface area contributed by atoms with Gasteiger partial charge in [0.15, 0.2) is 0 Å². The standard InChI is InChI=1S/C16H31N3O3/c1-6-7-9-17-14(20)18-13-8-10-19(12(2)11-13)15(21)22-16(3,4)5/h12-13H,6-11H2,1-5H3,(H2,17,18,20)/t12-,13-/m1/s1. The SMILES string of the molecule is CCCCNC(=O)N[C@@H]1CCN(C(=O)OC(C)(C)C)[C@H](C)C1.